The lowest BCUT2D eigenvalue weighted by atomic mass is 9.89. The predicted octanol–water partition coefficient (Wildman–Crippen LogP) is 2.08. The van der Waals surface area contributed by atoms with Crippen molar-refractivity contribution in [3.05, 3.63) is 12.2 Å². The minimum atomic E-state index is 0.386. The Labute approximate surface area is 63.3 Å². The molecule has 0 radical (unpaired) electrons. The molecular formula is C9H17N. The standard InChI is InChI=1S/C9H17N/c1-8(10)7-9-5-3-2-4-6-9/h2-3,8-9H,4-7,10H2,1H3/t8-,9?/m0/s1. The normalized spacial score (nSPS) is 28.4. The Morgan fingerprint density at radius 2 is 2.40 bits per heavy atom. The molecule has 58 valence electrons. The van der Waals surface area contributed by atoms with Crippen LogP contribution in [0.2, 0.25) is 0 Å². The second-order valence-electron chi connectivity index (χ2n) is 3.36. The van der Waals surface area contributed by atoms with Crippen LogP contribution in [0, 0.1) is 5.92 Å². The molecule has 1 unspecified atom stereocenters. The van der Waals surface area contributed by atoms with Crippen LogP contribution in [-0.4, -0.2) is 6.04 Å². The first kappa shape index (κ1) is 7.80. The van der Waals surface area contributed by atoms with Crippen LogP contribution in [0.5, 0.6) is 0 Å². The quantitative estimate of drug-likeness (QED) is 0.582. The van der Waals surface area contributed by atoms with Crippen molar-refractivity contribution in [2.45, 2.75) is 38.6 Å². The zero-order valence-corrected chi connectivity index (χ0v) is 6.72. The monoisotopic (exact) mass is 139 g/mol. The molecule has 0 saturated heterocycles. The summed E-state index contributed by atoms with van der Waals surface area (Å²) in [4.78, 5) is 0. The molecule has 0 aromatic heterocycles. The van der Waals surface area contributed by atoms with Gasteiger partial charge >= 0.3 is 0 Å². The molecule has 1 aliphatic carbocycles. The first-order chi connectivity index (χ1) is 4.79. The molecule has 2 N–H and O–H groups in total. The first-order valence-electron chi connectivity index (χ1n) is 4.19. The Morgan fingerprint density at radius 3 is 2.90 bits per heavy atom. The van der Waals surface area contributed by atoms with Crippen LogP contribution in [0.15, 0.2) is 12.2 Å². The molecule has 0 aromatic rings. The van der Waals surface area contributed by atoms with Crippen LogP contribution in [-0.2, 0) is 0 Å². The topological polar surface area (TPSA) is 26.0 Å². The van der Waals surface area contributed by atoms with Crippen molar-refractivity contribution >= 4 is 0 Å². The van der Waals surface area contributed by atoms with E-state index in [1.807, 2.05) is 0 Å². The number of allylic oxidation sites excluding steroid dienone is 2. The summed E-state index contributed by atoms with van der Waals surface area (Å²) in [6, 6.07) is 0.386. The molecular weight excluding hydrogens is 122 g/mol. The van der Waals surface area contributed by atoms with Gasteiger partial charge in [-0.05, 0) is 38.5 Å². The Morgan fingerprint density at radius 1 is 1.60 bits per heavy atom. The lowest BCUT2D eigenvalue weighted by Crippen LogP contribution is -2.20. The van der Waals surface area contributed by atoms with Gasteiger partial charge in [0.25, 0.3) is 0 Å². The van der Waals surface area contributed by atoms with E-state index < -0.39 is 0 Å². The molecule has 0 fully saturated rings. The highest BCUT2D eigenvalue weighted by molar-refractivity contribution is 4.90. The molecule has 0 saturated carbocycles. The van der Waals surface area contributed by atoms with Gasteiger partial charge in [0.15, 0.2) is 0 Å². The zero-order valence-electron chi connectivity index (χ0n) is 6.72. The molecule has 1 rings (SSSR count). The SMILES string of the molecule is C[C@H](N)CC1CC=CCC1. The molecule has 0 aliphatic heterocycles. The minimum Gasteiger partial charge on any atom is -0.328 e. The van der Waals surface area contributed by atoms with E-state index in [9.17, 15) is 0 Å². The predicted molar refractivity (Wildman–Crippen MR) is 44.7 cm³/mol. The summed E-state index contributed by atoms with van der Waals surface area (Å²) >= 11 is 0. The second-order valence-corrected chi connectivity index (χ2v) is 3.36. The summed E-state index contributed by atoms with van der Waals surface area (Å²) in [5, 5.41) is 0. The molecule has 0 aromatic carbocycles. The maximum atomic E-state index is 5.70. The third-order valence-corrected chi connectivity index (χ3v) is 2.08. The smallest absolute Gasteiger partial charge is 0.00132 e. The second kappa shape index (κ2) is 3.77. The maximum Gasteiger partial charge on any atom is 0.00132 e. The summed E-state index contributed by atoms with van der Waals surface area (Å²) in [6.07, 6.45) is 9.62. The van der Waals surface area contributed by atoms with Crippen LogP contribution in [0.4, 0.5) is 0 Å². The third-order valence-electron chi connectivity index (χ3n) is 2.08. The highest BCUT2D eigenvalue weighted by Gasteiger charge is 2.10. The average molecular weight is 139 g/mol. The molecule has 2 atom stereocenters. The van der Waals surface area contributed by atoms with Gasteiger partial charge in [0, 0.05) is 6.04 Å². The Hall–Kier alpha value is -0.300. The largest absolute Gasteiger partial charge is 0.328 e. The molecule has 10 heavy (non-hydrogen) atoms. The lowest BCUT2D eigenvalue weighted by Gasteiger charge is -2.19. The van der Waals surface area contributed by atoms with E-state index in [2.05, 4.69) is 19.1 Å². The van der Waals surface area contributed by atoms with Crippen LogP contribution in [0.3, 0.4) is 0 Å². The van der Waals surface area contributed by atoms with Gasteiger partial charge in [-0.2, -0.15) is 0 Å². The molecule has 1 aliphatic rings. The van der Waals surface area contributed by atoms with E-state index in [1.54, 1.807) is 0 Å². The minimum absolute atomic E-state index is 0.386. The highest BCUT2D eigenvalue weighted by Crippen LogP contribution is 2.21. The van der Waals surface area contributed by atoms with Gasteiger partial charge in [0.2, 0.25) is 0 Å². The molecule has 0 amide bonds. The number of hydrogen-bond acceptors (Lipinski definition) is 1. The van der Waals surface area contributed by atoms with Gasteiger partial charge in [-0.25, -0.2) is 0 Å². The first-order valence-corrected chi connectivity index (χ1v) is 4.19. The van der Waals surface area contributed by atoms with Crippen LogP contribution in [0.25, 0.3) is 0 Å². The van der Waals surface area contributed by atoms with E-state index in [1.165, 1.54) is 25.7 Å². The summed E-state index contributed by atoms with van der Waals surface area (Å²) in [5.74, 6) is 0.866. The number of rotatable bonds is 2. The van der Waals surface area contributed by atoms with Gasteiger partial charge in [-0.15, -0.1) is 0 Å². The van der Waals surface area contributed by atoms with Gasteiger partial charge in [-0.3, -0.25) is 0 Å². The van der Waals surface area contributed by atoms with Crippen molar-refractivity contribution in [2.24, 2.45) is 11.7 Å². The fraction of sp³-hybridized carbons (Fsp3) is 0.778. The van der Waals surface area contributed by atoms with E-state index in [4.69, 9.17) is 5.73 Å². The van der Waals surface area contributed by atoms with Crippen LogP contribution >= 0.6 is 0 Å². The summed E-state index contributed by atoms with van der Waals surface area (Å²) < 4.78 is 0. The average Bonchev–Trinajstić information content (AvgIpc) is 1.88. The molecule has 0 heterocycles. The Balaban J connectivity index is 2.22. The molecule has 1 nitrogen and oxygen atoms in total. The van der Waals surface area contributed by atoms with E-state index >= 15 is 0 Å². The Kier molecular flexibility index (Phi) is 2.94. The Bertz CT molecular complexity index is 116. The maximum absolute atomic E-state index is 5.70. The van der Waals surface area contributed by atoms with Crippen molar-refractivity contribution in [2.75, 3.05) is 0 Å². The van der Waals surface area contributed by atoms with Crippen molar-refractivity contribution in [1.82, 2.24) is 0 Å². The van der Waals surface area contributed by atoms with Gasteiger partial charge < -0.3 is 5.73 Å². The van der Waals surface area contributed by atoms with E-state index in [0.717, 1.165) is 5.92 Å². The van der Waals surface area contributed by atoms with Gasteiger partial charge in [0.1, 0.15) is 0 Å². The van der Waals surface area contributed by atoms with Crippen LogP contribution in [0.1, 0.15) is 32.6 Å². The zero-order chi connectivity index (χ0) is 7.40. The number of nitrogens with two attached hydrogens (primary N) is 1. The third kappa shape index (κ3) is 2.53. The number of hydrogen-bond donors (Lipinski definition) is 1. The highest BCUT2D eigenvalue weighted by atomic mass is 14.6. The lowest BCUT2D eigenvalue weighted by molar-refractivity contribution is 0.413. The molecule has 0 spiro atoms. The summed E-state index contributed by atoms with van der Waals surface area (Å²) in [6.45, 7) is 2.10. The fourth-order valence-corrected chi connectivity index (χ4v) is 1.60. The van der Waals surface area contributed by atoms with E-state index in [-0.39, 0.29) is 0 Å². The van der Waals surface area contributed by atoms with Crippen molar-refractivity contribution in [3.8, 4) is 0 Å². The van der Waals surface area contributed by atoms with Crippen molar-refractivity contribution in [1.29, 1.82) is 0 Å². The summed E-state index contributed by atoms with van der Waals surface area (Å²) in [7, 11) is 0. The van der Waals surface area contributed by atoms with Crippen molar-refractivity contribution in [3.63, 3.8) is 0 Å². The van der Waals surface area contributed by atoms with Gasteiger partial charge in [0.05, 0.1) is 0 Å². The van der Waals surface area contributed by atoms with Gasteiger partial charge in [-0.1, -0.05) is 12.2 Å². The summed E-state index contributed by atoms with van der Waals surface area (Å²) in [5.41, 5.74) is 5.70. The van der Waals surface area contributed by atoms with Crippen molar-refractivity contribution < 1.29 is 0 Å². The molecule has 1 heteroatoms. The van der Waals surface area contributed by atoms with Crippen LogP contribution < -0.4 is 5.73 Å². The molecule has 0 bridgehead atoms. The van der Waals surface area contributed by atoms with E-state index in [0.29, 0.717) is 6.04 Å². The fourth-order valence-electron chi connectivity index (χ4n) is 1.60.